The first-order valence-electron chi connectivity index (χ1n) is 2.23. The van der Waals surface area contributed by atoms with Gasteiger partial charge in [-0.3, -0.25) is 0 Å². The fourth-order valence-corrected chi connectivity index (χ4v) is 0.716. The van der Waals surface area contributed by atoms with E-state index in [1.165, 1.54) is 0 Å². The molecule has 9 heavy (non-hydrogen) atoms. The van der Waals surface area contributed by atoms with Crippen LogP contribution in [0.25, 0.3) is 0 Å². The first kappa shape index (κ1) is 9.86. The molecule has 0 radical (unpaired) electrons. The van der Waals surface area contributed by atoms with Crippen LogP contribution in [0.15, 0.2) is 29.2 Å². The molecule has 0 atom stereocenters. The van der Waals surface area contributed by atoms with Gasteiger partial charge in [0.1, 0.15) is 0 Å². The van der Waals surface area contributed by atoms with E-state index in [-0.39, 0.29) is 29.6 Å². The summed E-state index contributed by atoms with van der Waals surface area (Å²) in [6.45, 7) is 0. The fourth-order valence-electron chi connectivity index (χ4n) is 0.441. The zero-order valence-electron chi connectivity index (χ0n) is 5.13. The quantitative estimate of drug-likeness (QED) is 0.396. The molecule has 1 rings (SSSR count). The summed E-state index contributed by atoms with van der Waals surface area (Å²) in [5, 5.41) is 0.753. The van der Waals surface area contributed by atoms with E-state index in [0.717, 1.165) is 9.92 Å². The predicted octanol–water partition coefficient (Wildman–Crippen LogP) is -0.367. The van der Waals surface area contributed by atoms with Gasteiger partial charge >= 0.3 is 29.6 Å². The van der Waals surface area contributed by atoms with E-state index in [1.54, 1.807) is 0 Å². The van der Waals surface area contributed by atoms with Crippen molar-refractivity contribution in [3.05, 3.63) is 29.3 Å². The van der Waals surface area contributed by atoms with Crippen LogP contribution >= 0.6 is 24.2 Å². The van der Waals surface area contributed by atoms with Gasteiger partial charge in [-0.15, -0.1) is 12.6 Å². The van der Waals surface area contributed by atoms with Crippen molar-refractivity contribution in [1.29, 1.82) is 0 Å². The Labute approximate surface area is 87.3 Å². The molecule has 0 spiro atoms. The molecule has 3 heteroatoms. The van der Waals surface area contributed by atoms with Crippen LogP contribution in [0.4, 0.5) is 0 Å². The second kappa shape index (κ2) is 4.64. The number of hydrogen-bond acceptors (Lipinski definition) is 1. The third-order valence-corrected chi connectivity index (χ3v) is 1.38. The molecule has 0 N–H and O–H groups in total. The van der Waals surface area contributed by atoms with Crippen LogP contribution in [-0.4, -0.2) is 0 Å². The van der Waals surface area contributed by atoms with Crippen LogP contribution in [0, 0.1) is 0 Å². The summed E-state index contributed by atoms with van der Waals surface area (Å²) in [6, 6.07) is 7.32. The third kappa shape index (κ3) is 3.54. The van der Waals surface area contributed by atoms with E-state index in [4.69, 9.17) is 11.6 Å². The third-order valence-electron chi connectivity index (χ3n) is 0.827. The molecule has 0 aliphatic rings. The molecule has 0 saturated heterocycles. The zero-order valence-corrected chi connectivity index (χ0v) is 8.78. The molecule has 42 valence electrons. The topological polar surface area (TPSA) is 0 Å². The molecular weight excluding hydrogens is 163 g/mol. The van der Waals surface area contributed by atoms with Gasteiger partial charge in [-0.1, -0.05) is 11.6 Å². The van der Waals surface area contributed by atoms with Gasteiger partial charge in [0.2, 0.25) is 0 Å². The van der Waals surface area contributed by atoms with Crippen molar-refractivity contribution < 1.29 is 29.6 Å². The molecule has 1 aromatic rings. The monoisotopic (exact) mass is 167 g/mol. The maximum absolute atomic E-state index is 5.58. The van der Waals surface area contributed by atoms with Crippen molar-refractivity contribution in [3.8, 4) is 0 Å². The summed E-state index contributed by atoms with van der Waals surface area (Å²) in [6.07, 6.45) is 0. The van der Waals surface area contributed by atoms with Crippen molar-refractivity contribution in [1.82, 2.24) is 0 Å². The van der Waals surface area contributed by atoms with Crippen LogP contribution in [0.1, 0.15) is 0 Å². The van der Waals surface area contributed by atoms with Crippen molar-refractivity contribution >= 4 is 24.2 Å². The molecular formula is C6H5ClNaS+. The van der Waals surface area contributed by atoms with Gasteiger partial charge in [-0.2, -0.15) is 0 Å². The molecule has 0 saturated carbocycles. The van der Waals surface area contributed by atoms with Crippen LogP contribution in [-0.2, 0) is 0 Å². The molecule has 1 aromatic carbocycles. The predicted molar refractivity (Wildman–Crippen MR) is 38.7 cm³/mol. The number of hydrogen-bond donors (Lipinski definition) is 1. The Morgan fingerprint density at radius 3 is 1.89 bits per heavy atom. The molecule has 0 unspecified atom stereocenters. The van der Waals surface area contributed by atoms with Gasteiger partial charge in [0.05, 0.1) is 0 Å². The smallest absolute Gasteiger partial charge is 0.143 e. The first-order valence-corrected chi connectivity index (χ1v) is 3.06. The maximum atomic E-state index is 5.58. The Morgan fingerprint density at radius 1 is 1.11 bits per heavy atom. The van der Waals surface area contributed by atoms with Crippen LogP contribution in [0.2, 0.25) is 5.02 Å². The second-order valence-electron chi connectivity index (χ2n) is 1.48. The van der Waals surface area contributed by atoms with Crippen molar-refractivity contribution in [3.63, 3.8) is 0 Å². The number of thiol groups is 1. The van der Waals surface area contributed by atoms with E-state index in [1.807, 2.05) is 24.3 Å². The van der Waals surface area contributed by atoms with E-state index in [9.17, 15) is 0 Å². The van der Waals surface area contributed by atoms with Crippen LogP contribution in [0.5, 0.6) is 0 Å². The van der Waals surface area contributed by atoms with Gasteiger partial charge in [0, 0.05) is 9.92 Å². The molecule has 0 bridgehead atoms. The molecule has 0 aliphatic heterocycles. The molecule has 0 fully saturated rings. The summed E-state index contributed by atoms with van der Waals surface area (Å²) in [7, 11) is 0. The normalized spacial score (nSPS) is 8.22. The van der Waals surface area contributed by atoms with Gasteiger partial charge in [-0.05, 0) is 24.3 Å². The molecule has 0 heterocycles. The first-order chi connectivity index (χ1) is 3.79. The minimum absolute atomic E-state index is 0. The van der Waals surface area contributed by atoms with Gasteiger partial charge < -0.3 is 0 Å². The Hall–Kier alpha value is 0.860. The average Bonchev–Trinajstić information content (AvgIpc) is 1.77. The number of halogens is 1. The molecule has 0 amide bonds. The Bertz CT molecular complexity index is 152. The van der Waals surface area contributed by atoms with E-state index in [0.29, 0.717) is 0 Å². The Morgan fingerprint density at radius 2 is 1.56 bits per heavy atom. The van der Waals surface area contributed by atoms with Crippen molar-refractivity contribution in [2.24, 2.45) is 0 Å². The van der Waals surface area contributed by atoms with Crippen LogP contribution in [0.3, 0.4) is 0 Å². The summed E-state index contributed by atoms with van der Waals surface area (Å²) in [5.41, 5.74) is 0. The van der Waals surface area contributed by atoms with Gasteiger partial charge in [0.15, 0.2) is 0 Å². The Kier molecular flexibility index (Phi) is 5.08. The molecule has 0 aromatic heterocycles. The second-order valence-corrected chi connectivity index (χ2v) is 2.43. The summed E-state index contributed by atoms with van der Waals surface area (Å²) >= 11 is 9.65. The maximum Gasteiger partial charge on any atom is 1.00 e. The average molecular weight is 168 g/mol. The minimum Gasteiger partial charge on any atom is -0.143 e. The standard InChI is InChI=1S/C6H5ClS.Na/c7-5-1-3-6(8)4-2-5;/h1-4,8H;/q;+1. The Balaban J connectivity index is 0.000000640. The van der Waals surface area contributed by atoms with E-state index < -0.39 is 0 Å². The minimum atomic E-state index is 0. The van der Waals surface area contributed by atoms with Crippen molar-refractivity contribution in [2.45, 2.75) is 4.90 Å². The van der Waals surface area contributed by atoms with Gasteiger partial charge in [0.25, 0.3) is 0 Å². The summed E-state index contributed by atoms with van der Waals surface area (Å²) in [5.74, 6) is 0. The van der Waals surface area contributed by atoms with E-state index >= 15 is 0 Å². The van der Waals surface area contributed by atoms with E-state index in [2.05, 4.69) is 12.6 Å². The number of benzene rings is 1. The molecule has 0 nitrogen and oxygen atoms in total. The summed E-state index contributed by atoms with van der Waals surface area (Å²) in [4.78, 5) is 0.939. The molecule has 0 aliphatic carbocycles. The van der Waals surface area contributed by atoms with Crippen LogP contribution < -0.4 is 29.6 Å². The van der Waals surface area contributed by atoms with Gasteiger partial charge in [-0.25, -0.2) is 0 Å². The fraction of sp³-hybridized carbons (Fsp3) is 0. The summed E-state index contributed by atoms with van der Waals surface area (Å²) < 4.78 is 0. The number of rotatable bonds is 0. The van der Waals surface area contributed by atoms with Crippen molar-refractivity contribution in [2.75, 3.05) is 0 Å². The SMILES string of the molecule is Sc1ccc(Cl)cc1.[Na+]. The zero-order chi connectivity index (χ0) is 5.98. The largest absolute Gasteiger partial charge is 1.00 e.